The Hall–Kier alpha value is -0.843. The third-order valence-corrected chi connectivity index (χ3v) is 2.28. The van der Waals surface area contributed by atoms with Crippen LogP contribution in [0.5, 0.6) is 0 Å². The minimum atomic E-state index is -1.83. The monoisotopic (exact) mass is 231 g/mol. The van der Waals surface area contributed by atoms with Crippen LogP contribution in [0.2, 0.25) is 19.6 Å². The van der Waals surface area contributed by atoms with Crippen LogP contribution in [0.4, 0.5) is 0 Å². The van der Waals surface area contributed by atoms with E-state index in [4.69, 9.17) is 4.43 Å². The van der Waals surface area contributed by atoms with Gasteiger partial charge < -0.3 is 9.74 Å². The van der Waals surface area contributed by atoms with Crippen molar-refractivity contribution in [2.75, 3.05) is 6.54 Å². The van der Waals surface area contributed by atoms with E-state index >= 15 is 0 Å². The van der Waals surface area contributed by atoms with Gasteiger partial charge in [-0.15, -0.1) is 0 Å². The van der Waals surface area contributed by atoms with Gasteiger partial charge in [0.25, 0.3) is 0 Å². The molecule has 0 saturated heterocycles. The summed E-state index contributed by atoms with van der Waals surface area (Å²) in [6.07, 6.45) is 0.445. The smallest absolute Gasteiger partial charge is 0.312 e. The van der Waals surface area contributed by atoms with Crippen LogP contribution in [0.3, 0.4) is 0 Å². The van der Waals surface area contributed by atoms with Crippen LogP contribution in [0, 0.1) is 5.92 Å². The van der Waals surface area contributed by atoms with Crippen molar-refractivity contribution in [3.05, 3.63) is 0 Å². The molecule has 5 heteroatoms. The Balaban J connectivity index is 3.77. The number of nitrogens with one attached hydrogen (secondary N) is 1. The second-order valence-corrected chi connectivity index (χ2v) is 9.39. The molecule has 4 nitrogen and oxygen atoms in total. The molecule has 0 aromatic carbocycles. The van der Waals surface area contributed by atoms with Gasteiger partial charge in [-0.05, 0) is 25.6 Å². The predicted octanol–water partition coefficient (Wildman–Crippen LogP) is 1.53. The van der Waals surface area contributed by atoms with Crippen molar-refractivity contribution >= 4 is 20.2 Å². The summed E-state index contributed by atoms with van der Waals surface area (Å²) in [5.74, 6) is -0.137. The van der Waals surface area contributed by atoms with Gasteiger partial charge in [-0.3, -0.25) is 9.59 Å². The Kier molecular flexibility index (Phi) is 5.57. The highest BCUT2D eigenvalue weighted by molar-refractivity contribution is 6.71. The third-order valence-electron chi connectivity index (χ3n) is 1.44. The van der Waals surface area contributed by atoms with Crippen LogP contribution < -0.4 is 5.32 Å². The molecule has 1 amide bonds. The molecule has 15 heavy (non-hydrogen) atoms. The summed E-state index contributed by atoms with van der Waals surface area (Å²) >= 11 is 0. The Bertz CT molecular complexity index is 233. The zero-order chi connectivity index (χ0) is 12.1. The van der Waals surface area contributed by atoms with Crippen molar-refractivity contribution in [2.24, 2.45) is 5.92 Å². The maximum absolute atomic E-state index is 11.2. The van der Waals surface area contributed by atoms with Gasteiger partial charge in [-0.2, -0.15) is 0 Å². The summed E-state index contributed by atoms with van der Waals surface area (Å²) < 4.78 is 5.18. The van der Waals surface area contributed by atoms with Gasteiger partial charge in [0.2, 0.25) is 14.2 Å². The quantitative estimate of drug-likeness (QED) is 0.730. The molecule has 0 aliphatic carbocycles. The molecule has 0 aromatic rings. The van der Waals surface area contributed by atoms with Gasteiger partial charge in [0, 0.05) is 6.42 Å². The first-order valence-corrected chi connectivity index (χ1v) is 8.60. The van der Waals surface area contributed by atoms with Gasteiger partial charge in [0.05, 0.1) is 0 Å². The average Bonchev–Trinajstić information content (AvgIpc) is 1.96. The number of carbonyl (C=O) groups excluding carboxylic acids is 2. The second kappa shape index (κ2) is 5.90. The summed E-state index contributed by atoms with van der Waals surface area (Å²) in [4.78, 5) is 22.5. The number of hydrogen-bond donors (Lipinski definition) is 1. The Morgan fingerprint density at radius 2 is 1.80 bits per heavy atom. The van der Waals surface area contributed by atoms with Gasteiger partial charge >= 0.3 is 5.97 Å². The summed E-state index contributed by atoms with van der Waals surface area (Å²) in [7, 11) is -1.83. The van der Waals surface area contributed by atoms with E-state index in [1.54, 1.807) is 0 Å². The van der Waals surface area contributed by atoms with Crippen LogP contribution in [-0.4, -0.2) is 26.7 Å². The van der Waals surface area contributed by atoms with Crippen molar-refractivity contribution < 1.29 is 14.0 Å². The Labute approximate surface area is 92.5 Å². The number of hydrogen-bond acceptors (Lipinski definition) is 3. The molecular formula is C10H21NO3Si. The van der Waals surface area contributed by atoms with Crippen molar-refractivity contribution in [3.63, 3.8) is 0 Å². The number of amides is 1. The lowest BCUT2D eigenvalue weighted by molar-refractivity contribution is -0.136. The molecule has 0 aliphatic rings. The highest BCUT2D eigenvalue weighted by atomic mass is 28.4. The molecule has 0 fully saturated rings. The lowest BCUT2D eigenvalue weighted by Crippen LogP contribution is -2.37. The highest BCUT2D eigenvalue weighted by Crippen LogP contribution is 2.02. The summed E-state index contributed by atoms with van der Waals surface area (Å²) in [5.41, 5.74) is 0. The lowest BCUT2D eigenvalue weighted by Gasteiger charge is -2.17. The van der Waals surface area contributed by atoms with Crippen LogP contribution in [0.1, 0.15) is 20.3 Å². The van der Waals surface area contributed by atoms with E-state index < -0.39 is 8.32 Å². The Morgan fingerprint density at radius 1 is 1.27 bits per heavy atom. The van der Waals surface area contributed by atoms with Gasteiger partial charge in [0.15, 0.2) is 0 Å². The fourth-order valence-corrected chi connectivity index (χ4v) is 1.75. The molecule has 0 spiro atoms. The second-order valence-electron chi connectivity index (χ2n) is 4.96. The predicted molar refractivity (Wildman–Crippen MR) is 61.9 cm³/mol. The molecular weight excluding hydrogens is 210 g/mol. The van der Waals surface area contributed by atoms with Crippen molar-refractivity contribution in [3.8, 4) is 0 Å². The van der Waals surface area contributed by atoms with E-state index in [9.17, 15) is 9.59 Å². The molecule has 0 heterocycles. The van der Waals surface area contributed by atoms with E-state index in [2.05, 4.69) is 5.32 Å². The standard InChI is InChI=1S/C10H21NO3Si/c1-8(2)6-9(12)11-7-10(13)14-15(3,4)5/h8H,6-7H2,1-5H3,(H,11,12). The fourth-order valence-electron chi connectivity index (χ4n) is 0.991. The van der Waals surface area contributed by atoms with Crippen LogP contribution in [0.25, 0.3) is 0 Å². The average molecular weight is 231 g/mol. The summed E-state index contributed by atoms with van der Waals surface area (Å²) in [6.45, 7) is 9.69. The molecule has 0 aliphatic heterocycles. The zero-order valence-corrected chi connectivity index (χ0v) is 11.2. The SMILES string of the molecule is CC(C)CC(=O)NCC(=O)O[Si](C)(C)C. The zero-order valence-electron chi connectivity index (χ0n) is 10.2. The largest absolute Gasteiger partial charge is 0.519 e. The molecule has 1 N–H and O–H groups in total. The first-order valence-electron chi connectivity index (χ1n) is 5.19. The molecule has 0 unspecified atom stereocenters. The molecule has 88 valence electrons. The molecule has 0 radical (unpaired) electrons. The molecule has 0 rings (SSSR count). The minimum Gasteiger partial charge on any atom is -0.519 e. The molecule has 0 saturated carbocycles. The molecule has 0 aromatic heterocycles. The number of carbonyl (C=O) groups is 2. The highest BCUT2D eigenvalue weighted by Gasteiger charge is 2.19. The fraction of sp³-hybridized carbons (Fsp3) is 0.800. The van der Waals surface area contributed by atoms with Gasteiger partial charge in [0.1, 0.15) is 6.54 Å². The van der Waals surface area contributed by atoms with E-state index in [1.807, 2.05) is 33.5 Å². The van der Waals surface area contributed by atoms with Gasteiger partial charge in [-0.1, -0.05) is 13.8 Å². The third kappa shape index (κ3) is 9.46. The van der Waals surface area contributed by atoms with Gasteiger partial charge in [-0.25, -0.2) is 0 Å². The van der Waals surface area contributed by atoms with E-state index in [0.717, 1.165) is 0 Å². The summed E-state index contributed by atoms with van der Waals surface area (Å²) in [6, 6.07) is 0. The van der Waals surface area contributed by atoms with Crippen LogP contribution >= 0.6 is 0 Å². The van der Waals surface area contributed by atoms with Crippen LogP contribution in [-0.2, 0) is 14.0 Å². The maximum atomic E-state index is 11.2. The maximum Gasteiger partial charge on any atom is 0.312 e. The molecule has 0 atom stereocenters. The van der Waals surface area contributed by atoms with Crippen LogP contribution in [0.15, 0.2) is 0 Å². The summed E-state index contributed by atoms with van der Waals surface area (Å²) in [5, 5.41) is 2.55. The van der Waals surface area contributed by atoms with Crippen molar-refractivity contribution in [2.45, 2.75) is 39.9 Å². The normalized spacial score (nSPS) is 11.3. The first kappa shape index (κ1) is 14.2. The number of rotatable bonds is 5. The first-order chi connectivity index (χ1) is 6.70. The van der Waals surface area contributed by atoms with E-state index in [1.165, 1.54) is 0 Å². The van der Waals surface area contributed by atoms with E-state index in [-0.39, 0.29) is 18.4 Å². The van der Waals surface area contributed by atoms with Crippen molar-refractivity contribution in [1.29, 1.82) is 0 Å². The van der Waals surface area contributed by atoms with E-state index in [0.29, 0.717) is 12.3 Å². The Morgan fingerprint density at radius 3 is 2.20 bits per heavy atom. The lowest BCUT2D eigenvalue weighted by atomic mass is 10.1. The molecule has 0 bridgehead atoms. The van der Waals surface area contributed by atoms with Crippen molar-refractivity contribution in [1.82, 2.24) is 5.32 Å². The minimum absolute atomic E-state index is 0.0180. The topological polar surface area (TPSA) is 55.4 Å².